The molecular formula is C40H42N12O7S. The number of hydrogen-bond acceptors (Lipinski definition) is 15. The predicted octanol–water partition coefficient (Wildman–Crippen LogP) is 2.79. The van der Waals surface area contributed by atoms with Crippen LogP contribution in [-0.4, -0.2) is 114 Å². The first kappa shape index (κ1) is 38.0. The van der Waals surface area contributed by atoms with Crippen molar-refractivity contribution in [2.75, 3.05) is 29.9 Å². The third kappa shape index (κ3) is 6.82. The third-order valence-corrected chi connectivity index (χ3v) is 13.8. The molecule has 19 nitrogen and oxygen atoms in total. The quantitative estimate of drug-likeness (QED) is 0.145. The Morgan fingerprint density at radius 3 is 2.52 bits per heavy atom. The van der Waals surface area contributed by atoms with E-state index >= 15 is 0 Å². The molecule has 2 saturated heterocycles. The first-order valence-electron chi connectivity index (χ1n) is 20.2. The van der Waals surface area contributed by atoms with Crippen molar-refractivity contribution in [1.82, 2.24) is 49.5 Å². The SMILES string of the molecule is CC(C)n1nc(N2CC(CNC3CC(Oc4ccc5c(c4)C(=O)N(C4CCC(=O)NC4=O)C5=O)C3)C2)c2cnc(Nc3ccnc(-c4cnn(S(=O)(=O)C5CC5)c4)n3)cc21. The Kier molecular flexibility index (Phi) is 9.15. The fourth-order valence-corrected chi connectivity index (χ4v) is 9.71. The molecule has 1 atom stereocenters. The number of rotatable bonds is 13. The van der Waals surface area contributed by atoms with Gasteiger partial charge >= 0.3 is 0 Å². The molecular weight excluding hydrogens is 793 g/mol. The number of fused-ring (bicyclic) bond motifs is 2. The minimum Gasteiger partial charge on any atom is -0.490 e. The highest BCUT2D eigenvalue weighted by Gasteiger charge is 2.45. The van der Waals surface area contributed by atoms with Gasteiger partial charge in [-0.15, -0.1) is 0 Å². The summed E-state index contributed by atoms with van der Waals surface area (Å²) in [7, 11) is -3.50. The summed E-state index contributed by atoms with van der Waals surface area (Å²) in [5.74, 6) is 1.11. The maximum atomic E-state index is 13.2. The van der Waals surface area contributed by atoms with Crippen LogP contribution < -0.4 is 25.6 Å². The standard InChI is InChI=1S/C40H42N12O7S/c1-21(2)52-32-14-34(45-33-9-10-41-36(46-33)23-16-44-50(20-23)60(57,58)27-4-5-27)43-17-30(32)37(48-52)49-18-22(19-49)15-42-24-11-26(12-24)59-25-3-6-28-29(13-25)40(56)51(39(28)55)31-7-8-35(53)47-38(31)54/h3,6,9-10,13-14,16-17,20-22,24,26-27,31,42H,4-5,7-8,11-12,15,18-19H2,1-2H3,(H,47,53,54)(H,41,43,45,46). The van der Waals surface area contributed by atoms with Crippen LogP contribution in [-0.2, 0) is 19.6 Å². The summed E-state index contributed by atoms with van der Waals surface area (Å²) in [5.41, 5.74) is 1.86. The maximum absolute atomic E-state index is 13.2. The van der Waals surface area contributed by atoms with Gasteiger partial charge in [-0.05, 0) is 70.2 Å². The minimum absolute atomic E-state index is 0.0330. The van der Waals surface area contributed by atoms with E-state index in [9.17, 15) is 27.6 Å². The molecule has 2 aliphatic carbocycles. The molecule has 0 spiro atoms. The number of aromatic nitrogens is 7. The summed E-state index contributed by atoms with van der Waals surface area (Å²) >= 11 is 0. The molecule has 20 heteroatoms. The van der Waals surface area contributed by atoms with Crippen molar-refractivity contribution < 1.29 is 32.3 Å². The number of ether oxygens (including phenoxy) is 1. The van der Waals surface area contributed by atoms with Crippen molar-refractivity contribution >= 4 is 62.0 Å². The Balaban J connectivity index is 0.721. The van der Waals surface area contributed by atoms with Gasteiger partial charge in [0.2, 0.25) is 11.8 Å². The molecule has 7 heterocycles. The fraction of sp³-hybridized carbons (Fsp3) is 0.425. The highest BCUT2D eigenvalue weighted by molar-refractivity contribution is 7.90. The zero-order chi connectivity index (χ0) is 41.4. The van der Waals surface area contributed by atoms with Gasteiger partial charge in [0.1, 0.15) is 29.5 Å². The first-order valence-corrected chi connectivity index (χ1v) is 21.7. The predicted molar refractivity (Wildman–Crippen MR) is 216 cm³/mol. The van der Waals surface area contributed by atoms with Gasteiger partial charge in [0.25, 0.3) is 21.8 Å². The summed E-state index contributed by atoms with van der Waals surface area (Å²) in [6.45, 7) is 6.73. The fourth-order valence-electron chi connectivity index (χ4n) is 8.24. The molecule has 4 fully saturated rings. The van der Waals surface area contributed by atoms with E-state index in [1.54, 1.807) is 30.5 Å². The van der Waals surface area contributed by atoms with Crippen molar-refractivity contribution in [3.63, 3.8) is 0 Å². The molecule has 5 aromatic rings. The Labute approximate surface area is 343 Å². The number of pyridine rings is 1. The van der Waals surface area contributed by atoms with Crippen LogP contribution >= 0.6 is 0 Å². The highest BCUT2D eigenvalue weighted by atomic mass is 32.2. The summed E-state index contributed by atoms with van der Waals surface area (Å²) in [4.78, 5) is 67.1. The molecule has 1 unspecified atom stereocenters. The van der Waals surface area contributed by atoms with Gasteiger partial charge in [-0.25, -0.2) is 23.4 Å². The van der Waals surface area contributed by atoms with E-state index in [2.05, 4.69) is 49.8 Å². The van der Waals surface area contributed by atoms with Gasteiger partial charge < -0.3 is 20.3 Å². The van der Waals surface area contributed by atoms with Crippen LogP contribution in [0, 0.1) is 5.92 Å². The minimum atomic E-state index is -3.50. The van der Waals surface area contributed by atoms with E-state index in [0.29, 0.717) is 53.6 Å². The smallest absolute Gasteiger partial charge is 0.262 e. The van der Waals surface area contributed by atoms with Crippen molar-refractivity contribution in [3.8, 4) is 17.1 Å². The number of hydrogen-bond donors (Lipinski definition) is 3. The number of nitrogens with zero attached hydrogens (tertiary/aromatic N) is 9. The maximum Gasteiger partial charge on any atom is 0.262 e. The van der Waals surface area contributed by atoms with Crippen molar-refractivity contribution in [1.29, 1.82) is 0 Å². The Morgan fingerprint density at radius 1 is 0.950 bits per heavy atom. The number of benzene rings is 1. The van der Waals surface area contributed by atoms with Gasteiger partial charge in [-0.2, -0.15) is 14.3 Å². The first-order chi connectivity index (χ1) is 28.9. The van der Waals surface area contributed by atoms with Crippen LogP contribution in [0.5, 0.6) is 5.75 Å². The number of piperidine rings is 1. The van der Waals surface area contributed by atoms with Crippen LogP contribution in [0.1, 0.15) is 79.1 Å². The van der Waals surface area contributed by atoms with Crippen LogP contribution in [0.4, 0.5) is 17.5 Å². The van der Waals surface area contributed by atoms with E-state index in [-0.39, 0.29) is 41.4 Å². The molecule has 3 N–H and O–H groups in total. The monoisotopic (exact) mass is 834 g/mol. The summed E-state index contributed by atoms with van der Waals surface area (Å²) < 4.78 is 34.4. The molecule has 2 saturated carbocycles. The average Bonchev–Trinajstić information content (AvgIpc) is 3.75. The number of carbonyl (C=O) groups is 4. The Morgan fingerprint density at radius 2 is 1.75 bits per heavy atom. The topological polar surface area (TPSA) is 229 Å². The average molecular weight is 835 g/mol. The second-order valence-electron chi connectivity index (χ2n) is 16.4. The molecule has 10 rings (SSSR count). The molecule has 3 aliphatic heterocycles. The van der Waals surface area contributed by atoms with Crippen molar-refractivity contribution in [3.05, 3.63) is 66.2 Å². The Bertz CT molecular complexity index is 2700. The molecule has 4 aromatic heterocycles. The van der Waals surface area contributed by atoms with Gasteiger partial charge in [0.15, 0.2) is 11.6 Å². The zero-order valence-corrected chi connectivity index (χ0v) is 33.6. The van der Waals surface area contributed by atoms with Crippen molar-refractivity contribution in [2.24, 2.45) is 5.92 Å². The van der Waals surface area contributed by atoms with E-state index < -0.39 is 39.7 Å². The number of imide groups is 2. The number of nitrogens with one attached hydrogen (secondary N) is 3. The van der Waals surface area contributed by atoms with E-state index in [0.717, 1.165) is 58.2 Å². The van der Waals surface area contributed by atoms with Crippen LogP contribution in [0.25, 0.3) is 22.3 Å². The van der Waals surface area contributed by atoms with E-state index in [4.69, 9.17) is 14.8 Å². The normalized spacial score (nSPS) is 21.9. The van der Waals surface area contributed by atoms with Crippen LogP contribution in [0.2, 0.25) is 0 Å². The second-order valence-corrected chi connectivity index (χ2v) is 18.5. The molecule has 310 valence electrons. The van der Waals surface area contributed by atoms with Gasteiger partial charge in [0, 0.05) is 62.5 Å². The summed E-state index contributed by atoms with van der Waals surface area (Å²) in [6.07, 6.45) is 9.39. The summed E-state index contributed by atoms with van der Waals surface area (Å²) in [5, 5.41) is 18.8. The van der Waals surface area contributed by atoms with Crippen molar-refractivity contribution in [2.45, 2.75) is 81.9 Å². The lowest BCUT2D eigenvalue weighted by Gasteiger charge is -2.42. The lowest BCUT2D eigenvalue weighted by atomic mass is 9.88. The molecule has 5 aliphatic rings. The lowest BCUT2D eigenvalue weighted by molar-refractivity contribution is -0.136. The molecule has 1 aromatic carbocycles. The Hall–Kier alpha value is -6.28. The van der Waals surface area contributed by atoms with Gasteiger partial charge in [-0.3, -0.25) is 34.1 Å². The largest absolute Gasteiger partial charge is 0.490 e. The number of carbonyl (C=O) groups excluding carboxylic acids is 4. The molecule has 4 amide bonds. The van der Waals surface area contributed by atoms with Gasteiger partial charge in [0.05, 0.1) is 45.2 Å². The zero-order valence-electron chi connectivity index (χ0n) is 32.8. The third-order valence-electron chi connectivity index (χ3n) is 11.8. The van der Waals surface area contributed by atoms with E-state index in [1.165, 1.54) is 12.4 Å². The molecule has 0 radical (unpaired) electrons. The van der Waals surface area contributed by atoms with Gasteiger partial charge in [-0.1, -0.05) is 0 Å². The van der Waals surface area contributed by atoms with Crippen LogP contribution in [0.15, 0.2) is 55.1 Å². The van der Waals surface area contributed by atoms with Crippen LogP contribution in [0.3, 0.4) is 0 Å². The number of amides is 4. The number of anilines is 3. The lowest BCUT2D eigenvalue weighted by Crippen LogP contribution is -2.55. The summed E-state index contributed by atoms with van der Waals surface area (Å²) in [6, 6.07) is 7.89. The second kappa shape index (κ2) is 14.5. The molecule has 60 heavy (non-hydrogen) atoms. The highest BCUT2D eigenvalue weighted by Crippen LogP contribution is 2.36. The van der Waals surface area contributed by atoms with E-state index in [1.807, 2.05) is 16.9 Å². The molecule has 0 bridgehead atoms.